The molecule has 33 heavy (non-hydrogen) atoms. The first-order chi connectivity index (χ1) is 16.0. The lowest BCUT2D eigenvalue weighted by molar-refractivity contribution is 0.0681. The zero-order chi connectivity index (χ0) is 22.9. The highest BCUT2D eigenvalue weighted by atomic mass is 79.9. The third kappa shape index (κ3) is 4.79. The Bertz CT molecular complexity index is 1250. The molecule has 5 rings (SSSR count). The quantitative estimate of drug-likeness (QED) is 0.287. The highest BCUT2D eigenvalue weighted by Gasteiger charge is 2.43. The molecule has 0 unspecified atom stereocenters. The van der Waals surface area contributed by atoms with E-state index in [0.29, 0.717) is 5.56 Å². The van der Waals surface area contributed by atoms with E-state index in [1.54, 1.807) is 5.01 Å². The van der Waals surface area contributed by atoms with E-state index >= 15 is 0 Å². The second-order valence-corrected chi connectivity index (χ2v) is 11.1. The Kier molecular flexibility index (Phi) is 6.68. The van der Waals surface area contributed by atoms with Crippen LogP contribution in [-0.4, -0.2) is 16.6 Å². The fourth-order valence-electron chi connectivity index (χ4n) is 4.68. The Morgan fingerprint density at radius 1 is 0.909 bits per heavy atom. The minimum absolute atomic E-state index is 0.0749. The lowest BCUT2D eigenvalue weighted by Crippen LogP contribution is -2.31. The molecule has 166 valence electrons. The Labute approximate surface area is 219 Å². The number of halogens is 3. The van der Waals surface area contributed by atoms with Gasteiger partial charge < -0.3 is 0 Å². The second kappa shape index (κ2) is 9.69. The van der Waals surface area contributed by atoms with Crippen LogP contribution in [0.2, 0.25) is 0 Å². The van der Waals surface area contributed by atoms with Crippen molar-refractivity contribution in [2.45, 2.75) is 25.3 Å². The lowest BCUT2D eigenvalue weighted by atomic mass is 9.77. The van der Waals surface area contributed by atoms with Gasteiger partial charge in [0.2, 0.25) is 0 Å². The first kappa shape index (κ1) is 22.8. The molecule has 0 saturated heterocycles. The SMILES string of the molecule is O=C(c1cccc(Br)c1)N1N=C2/C(=C/c3ccc(Br)cc3)CCC[C@H]2[C@H]1c1ccc(Br)cc1. The largest absolute Gasteiger partial charge is 0.274 e. The summed E-state index contributed by atoms with van der Waals surface area (Å²) >= 11 is 10.5. The van der Waals surface area contributed by atoms with Crippen LogP contribution in [0.15, 0.2) is 96.9 Å². The van der Waals surface area contributed by atoms with E-state index in [0.717, 1.165) is 49.5 Å². The first-order valence-corrected chi connectivity index (χ1v) is 13.3. The Hall–Kier alpha value is -2.02. The fourth-order valence-corrected chi connectivity index (χ4v) is 5.60. The van der Waals surface area contributed by atoms with Gasteiger partial charge in [-0.1, -0.05) is 78.1 Å². The van der Waals surface area contributed by atoms with E-state index in [1.807, 2.05) is 36.4 Å². The summed E-state index contributed by atoms with van der Waals surface area (Å²) in [6.45, 7) is 0. The van der Waals surface area contributed by atoms with Crippen molar-refractivity contribution in [2.75, 3.05) is 0 Å². The summed E-state index contributed by atoms with van der Waals surface area (Å²) in [4.78, 5) is 13.7. The molecule has 1 heterocycles. The molecule has 0 radical (unpaired) electrons. The molecule has 3 aromatic carbocycles. The number of hydrogen-bond donors (Lipinski definition) is 0. The summed E-state index contributed by atoms with van der Waals surface area (Å²) in [5.74, 6) is 0.104. The van der Waals surface area contributed by atoms with Crippen molar-refractivity contribution in [1.82, 2.24) is 5.01 Å². The molecule has 1 aliphatic carbocycles. The summed E-state index contributed by atoms with van der Waals surface area (Å²) in [5, 5.41) is 6.70. The van der Waals surface area contributed by atoms with Gasteiger partial charge in [0.15, 0.2) is 0 Å². The van der Waals surface area contributed by atoms with Gasteiger partial charge in [-0.3, -0.25) is 4.79 Å². The van der Waals surface area contributed by atoms with Crippen molar-refractivity contribution in [3.8, 4) is 0 Å². The van der Waals surface area contributed by atoms with E-state index in [1.165, 1.54) is 5.57 Å². The van der Waals surface area contributed by atoms with E-state index in [4.69, 9.17) is 5.10 Å². The maximum atomic E-state index is 13.7. The number of allylic oxidation sites excluding steroid dienone is 1. The molecule has 2 atom stereocenters. The summed E-state index contributed by atoms with van der Waals surface area (Å²) in [6, 6.07) is 24.0. The molecule has 6 heteroatoms. The topological polar surface area (TPSA) is 32.7 Å². The van der Waals surface area contributed by atoms with Crippen LogP contribution in [0.4, 0.5) is 0 Å². The normalized spacial score (nSPS) is 21.1. The molecule has 2 aliphatic rings. The average molecular weight is 629 g/mol. The third-order valence-corrected chi connectivity index (χ3v) is 7.75. The van der Waals surface area contributed by atoms with Gasteiger partial charge in [0, 0.05) is 24.9 Å². The number of carbonyl (C=O) groups is 1. The molecule has 1 fully saturated rings. The number of hydrazone groups is 1. The van der Waals surface area contributed by atoms with Gasteiger partial charge in [-0.2, -0.15) is 5.10 Å². The van der Waals surface area contributed by atoms with Gasteiger partial charge in [-0.15, -0.1) is 0 Å². The summed E-state index contributed by atoms with van der Waals surface area (Å²) in [7, 11) is 0. The second-order valence-electron chi connectivity index (χ2n) is 8.36. The Balaban J connectivity index is 1.58. The summed E-state index contributed by atoms with van der Waals surface area (Å²) in [6.07, 6.45) is 5.29. The van der Waals surface area contributed by atoms with Gasteiger partial charge in [-0.05, 0) is 84.5 Å². The van der Waals surface area contributed by atoms with E-state index in [9.17, 15) is 4.79 Å². The number of hydrogen-bond acceptors (Lipinski definition) is 2. The van der Waals surface area contributed by atoms with Crippen LogP contribution >= 0.6 is 47.8 Å². The molecule has 0 N–H and O–H groups in total. The van der Waals surface area contributed by atoms with Crippen molar-refractivity contribution in [2.24, 2.45) is 11.0 Å². The number of carbonyl (C=O) groups excluding carboxylic acids is 1. The monoisotopic (exact) mass is 626 g/mol. The molecule has 0 spiro atoms. The zero-order valence-electron chi connectivity index (χ0n) is 17.7. The van der Waals surface area contributed by atoms with Crippen molar-refractivity contribution >= 4 is 65.5 Å². The molecule has 0 aromatic heterocycles. The van der Waals surface area contributed by atoms with E-state index < -0.39 is 0 Å². The zero-order valence-corrected chi connectivity index (χ0v) is 22.5. The van der Waals surface area contributed by atoms with Crippen LogP contribution in [0.5, 0.6) is 0 Å². The predicted octanol–water partition coefficient (Wildman–Crippen LogP) is 8.41. The molecule has 1 amide bonds. The number of rotatable bonds is 3. The van der Waals surface area contributed by atoms with Crippen molar-refractivity contribution in [1.29, 1.82) is 0 Å². The highest BCUT2D eigenvalue weighted by Crippen LogP contribution is 2.45. The van der Waals surface area contributed by atoms with Crippen LogP contribution in [0.3, 0.4) is 0 Å². The summed E-state index contributed by atoms with van der Waals surface area (Å²) < 4.78 is 2.97. The van der Waals surface area contributed by atoms with Gasteiger partial charge >= 0.3 is 0 Å². The van der Waals surface area contributed by atoms with Crippen LogP contribution in [0.25, 0.3) is 6.08 Å². The molecule has 0 bridgehead atoms. The van der Waals surface area contributed by atoms with Crippen LogP contribution in [0, 0.1) is 5.92 Å². The Morgan fingerprint density at radius 3 is 2.30 bits per heavy atom. The minimum Gasteiger partial charge on any atom is -0.267 e. The first-order valence-electron chi connectivity index (χ1n) is 10.9. The molecule has 1 saturated carbocycles. The van der Waals surface area contributed by atoms with Gasteiger partial charge in [-0.25, -0.2) is 5.01 Å². The highest BCUT2D eigenvalue weighted by molar-refractivity contribution is 9.11. The molecule has 3 nitrogen and oxygen atoms in total. The number of fused-ring (bicyclic) bond motifs is 1. The lowest BCUT2D eigenvalue weighted by Gasteiger charge is -2.29. The van der Waals surface area contributed by atoms with Crippen LogP contribution in [0.1, 0.15) is 46.8 Å². The van der Waals surface area contributed by atoms with Crippen molar-refractivity contribution in [3.63, 3.8) is 0 Å². The van der Waals surface area contributed by atoms with Crippen molar-refractivity contribution in [3.05, 3.63) is 108 Å². The van der Waals surface area contributed by atoms with Crippen molar-refractivity contribution < 1.29 is 4.79 Å². The fraction of sp³-hybridized carbons (Fsp3) is 0.185. The average Bonchev–Trinajstić information content (AvgIpc) is 3.21. The molecular formula is C27H21Br3N2O. The van der Waals surface area contributed by atoms with Crippen LogP contribution in [-0.2, 0) is 0 Å². The van der Waals surface area contributed by atoms with Gasteiger partial charge in [0.25, 0.3) is 5.91 Å². The molecule has 3 aromatic rings. The number of nitrogens with zero attached hydrogens (tertiary/aromatic N) is 2. The maximum Gasteiger partial charge on any atom is 0.274 e. The van der Waals surface area contributed by atoms with Gasteiger partial charge in [0.1, 0.15) is 0 Å². The molecule has 1 aliphatic heterocycles. The van der Waals surface area contributed by atoms with E-state index in [-0.39, 0.29) is 17.9 Å². The Morgan fingerprint density at radius 2 is 1.61 bits per heavy atom. The maximum absolute atomic E-state index is 13.7. The summed E-state index contributed by atoms with van der Waals surface area (Å²) in [5.41, 5.74) is 5.15. The smallest absolute Gasteiger partial charge is 0.267 e. The standard InChI is InChI=1S/C27H21Br3N2O/c28-21-11-7-17(8-12-21)15-19-3-2-6-24-25(19)31-32(26(24)18-9-13-22(29)14-10-18)27(33)20-4-1-5-23(30)16-20/h1,4-5,7-16,24,26H,2-3,6H2/b19-15+/t24-,26-/m1/s1. The van der Waals surface area contributed by atoms with Gasteiger partial charge in [0.05, 0.1) is 11.8 Å². The predicted molar refractivity (Wildman–Crippen MR) is 144 cm³/mol. The van der Waals surface area contributed by atoms with Crippen LogP contribution < -0.4 is 0 Å². The molecular weight excluding hydrogens is 608 g/mol. The number of amides is 1. The number of benzene rings is 3. The minimum atomic E-state index is -0.117. The van der Waals surface area contributed by atoms with E-state index in [2.05, 4.69) is 90.3 Å². The third-order valence-electron chi connectivity index (χ3n) is 6.20.